The van der Waals surface area contributed by atoms with E-state index in [9.17, 15) is 4.79 Å². The van der Waals surface area contributed by atoms with Crippen LogP contribution in [0.15, 0.2) is 0 Å². The number of amides is 1. The summed E-state index contributed by atoms with van der Waals surface area (Å²) in [6.45, 7) is 8.17. The molecule has 0 saturated heterocycles. The molecule has 0 saturated carbocycles. The number of nitrogens with zero attached hydrogens (tertiary/aromatic N) is 2. The van der Waals surface area contributed by atoms with Crippen molar-refractivity contribution in [3.05, 3.63) is 0 Å². The Morgan fingerprint density at radius 2 is 1.87 bits per heavy atom. The van der Waals surface area contributed by atoms with E-state index in [0.717, 1.165) is 19.5 Å². The van der Waals surface area contributed by atoms with Crippen molar-refractivity contribution >= 4 is 6.09 Å². The molecule has 4 heteroatoms. The number of ether oxygens (including phenoxy) is 1. The fourth-order valence-corrected chi connectivity index (χ4v) is 1.23. The van der Waals surface area contributed by atoms with Gasteiger partial charge in [0, 0.05) is 13.1 Å². The topological polar surface area (TPSA) is 32.8 Å². The lowest BCUT2D eigenvalue weighted by atomic mass is 10.3. The SMILES string of the molecule is CCN(CCCN(C)C)C(=O)OC(C)C. The van der Waals surface area contributed by atoms with Gasteiger partial charge in [0.2, 0.25) is 0 Å². The van der Waals surface area contributed by atoms with E-state index in [2.05, 4.69) is 4.90 Å². The molecule has 0 aliphatic heterocycles. The van der Waals surface area contributed by atoms with E-state index in [1.54, 1.807) is 4.90 Å². The largest absolute Gasteiger partial charge is 0.447 e. The number of carbonyl (C=O) groups is 1. The second-order valence-electron chi connectivity index (χ2n) is 4.17. The Labute approximate surface area is 93.2 Å². The maximum atomic E-state index is 11.6. The van der Waals surface area contributed by atoms with Crippen LogP contribution in [-0.2, 0) is 4.74 Å². The highest BCUT2D eigenvalue weighted by molar-refractivity contribution is 5.67. The maximum Gasteiger partial charge on any atom is 0.409 e. The Morgan fingerprint density at radius 1 is 1.27 bits per heavy atom. The van der Waals surface area contributed by atoms with Gasteiger partial charge in [-0.1, -0.05) is 0 Å². The van der Waals surface area contributed by atoms with Crippen LogP contribution < -0.4 is 0 Å². The van der Waals surface area contributed by atoms with Crippen LogP contribution >= 0.6 is 0 Å². The van der Waals surface area contributed by atoms with E-state index >= 15 is 0 Å². The highest BCUT2D eigenvalue weighted by Gasteiger charge is 2.13. The fraction of sp³-hybridized carbons (Fsp3) is 0.909. The summed E-state index contributed by atoms with van der Waals surface area (Å²) in [4.78, 5) is 15.4. The van der Waals surface area contributed by atoms with Gasteiger partial charge in [0.1, 0.15) is 0 Å². The average Bonchev–Trinajstić information content (AvgIpc) is 2.10. The Kier molecular flexibility index (Phi) is 7.13. The Balaban J connectivity index is 3.85. The first kappa shape index (κ1) is 14.2. The minimum atomic E-state index is -0.203. The lowest BCUT2D eigenvalue weighted by Gasteiger charge is -2.22. The fourth-order valence-electron chi connectivity index (χ4n) is 1.23. The van der Waals surface area contributed by atoms with Crippen molar-refractivity contribution in [2.45, 2.75) is 33.3 Å². The molecule has 0 N–H and O–H groups in total. The molecule has 0 aromatic heterocycles. The van der Waals surface area contributed by atoms with Gasteiger partial charge in [0.05, 0.1) is 6.10 Å². The summed E-state index contributed by atoms with van der Waals surface area (Å²) >= 11 is 0. The molecular weight excluding hydrogens is 192 g/mol. The van der Waals surface area contributed by atoms with E-state index < -0.39 is 0 Å². The highest BCUT2D eigenvalue weighted by Crippen LogP contribution is 1.99. The molecule has 1 amide bonds. The predicted molar refractivity (Wildman–Crippen MR) is 62.0 cm³/mol. The minimum absolute atomic E-state index is 0.0413. The van der Waals surface area contributed by atoms with Gasteiger partial charge in [0.25, 0.3) is 0 Å². The van der Waals surface area contributed by atoms with E-state index in [4.69, 9.17) is 4.74 Å². The summed E-state index contributed by atoms with van der Waals surface area (Å²) in [6, 6.07) is 0. The molecule has 0 spiro atoms. The van der Waals surface area contributed by atoms with Crippen LogP contribution in [0.2, 0.25) is 0 Å². The Bertz CT molecular complexity index is 181. The van der Waals surface area contributed by atoms with Gasteiger partial charge in [-0.2, -0.15) is 0 Å². The van der Waals surface area contributed by atoms with E-state index in [1.807, 2.05) is 34.9 Å². The zero-order chi connectivity index (χ0) is 11.8. The number of hydrogen-bond donors (Lipinski definition) is 0. The third-order valence-corrected chi connectivity index (χ3v) is 2.01. The first-order valence-electron chi connectivity index (χ1n) is 5.57. The van der Waals surface area contributed by atoms with Gasteiger partial charge >= 0.3 is 6.09 Å². The average molecular weight is 216 g/mol. The molecule has 0 rings (SSSR count). The van der Waals surface area contributed by atoms with Crippen LogP contribution in [0.25, 0.3) is 0 Å². The van der Waals surface area contributed by atoms with Gasteiger partial charge in [-0.05, 0) is 47.8 Å². The molecule has 0 heterocycles. The summed E-state index contributed by atoms with van der Waals surface area (Å²) in [5.74, 6) is 0. The molecule has 0 bridgehead atoms. The molecule has 0 aliphatic rings. The first-order valence-corrected chi connectivity index (χ1v) is 5.57. The van der Waals surface area contributed by atoms with E-state index in [0.29, 0.717) is 6.54 Å². The molecule has 90 valence electrons. The van der Waals surface area contributed by atoms with Gasteiger partial charge in [-0.15, -0.1) is 0 Å². The summed E-state index contributed by atoms with van der Waals surface area (Å²) in [7, 11) is 4.06. The van der Waals surface area contributed by atoms with Crippen LogP contribution in [0.1, 0.15) is 27.2 Å². The van der Waals surface area contributed by atoms with Crippen molar-refractivity contribution in [3.63, 3.8) is 0 Å². The van der Waals surface area contributed by atoms with Crippen molar-refractivity contribution in [2.24, 2.45) is 0 Å². The van der Waals surface area contributed by atoms with Crippen molar-refractivity contribution in [3.8, 4) is 0 Å². The predicted octanol–water partition coefficient (Wildman–Crippen LogP) is 1.80. The molecule has 0 atom stereocenters. The van der Waals surface area contributed by atoms with Crippen molar-refractivity contribution in [1.29, 1.82) is 0 Å². The molecular formula is C11H24N2O2. The molecule has 4 nitrogen and oxygen atoms in total. The van der Waals surface area contributed by atoms with Gasteiger partial charge < -0.3 is 14.5 Å². The van der Waals surface area contributed by atoms with Crippen LogP contribution in [0.3, 0.4) is 0 Å². The van der Waals surface area contributed by atoms with Gasteiger partial charge in [0.15, 0.2) is 0 Å². The second-order valence-corrected chi connectivity index (χ2v) is 4.17. The molecule has 0 fully saturated rings. The van der Waals surface area contributed by atoms with Crippen LogP contribution in [0.5, 0.6) is 0 Å². The van der Waals surface area contributed by atoms with Crippen molar-refractivity contribution < 1.29 is 9.53 Å². The number of hydrogen-bond acceptors (Lipinski definition) is 3. The molecule has 0 radical (unpaired) electrons. The molecule has 15 heavy (non-hydrogen) atoms. The quantitative estimate of drug-likeness (QED) is 0.679. The molecule has 0 unspecified atom stereocenters. The summed E-state index contributed by atoms with van der Waals surface area (Å²) in [5, 5.41) is 0. The van der Waals surface area contributed by atoms with Crippen LogP contribution in [0, 0.1) is 0 Å². The normalized spacial score (nSPS) is 10.9. The lowest BCUT2D eigenvalue weighted by Crippen LogP contribution is -2.35. The van der Waals surface area contributed by atoms with Gasteiger partial charge in [-0.25, -0.2) is 4.79 Å². The minimum Gasteiger partial charge on any atom is -0.447 e. The maximum absolute atomic E-state index is 11.6. The first-order chi connectivity index (χ1) is 6.97. The standard InChI is InChI=1S/C11H24N2O2/c1-6-13(9-7-8-12(4)5)11(14)15-10(2)3/h10H,6-9H2,1-5H3. The molecule has 0 aromatic rings. The zero-order valence-electron chi connectivity index (χ0n) is 10.6. The zero-order valence-corrected chi connectivity index (χ0v) is 10.6. The van der Waals surface area contributed by atoms with E-state index in [-0.39, 0.29) is 12.2 Å². The number of rotatable bonds is 6. The second kappa shape index (κ2) is 7.51. The summed E-state index contributed by atoms with van der Waals surface area (Å²) < 4.78 is 5.13. The molecule has 0 aromatic carbocycles. The summed E-state index contributed by atoms with van der Waals surface area (Å²) in [5.41, 5.74) is 0. The Morgan fingerprint density at radius 3 is 2.27 bits per heavy atom. The van der Waals surface area contributed by atoms with Crippen LogP contribution in [0.4, 0.5) is 4.79 Å². The third-order valence-electron chi connectivity index (χ3n) is 2.01. The number of carbonyl (C=O) groups excluding carboxylic acids is 1. The summed E-state index contributed by atoms with van der Waals surface area (Å²) in [6.07, 6.45) is 0.736. The van der Waals surface area contributed by atoms with E-state index in [1.165, 1.54) is 0 Å². The molecule has 0 aliphatic carbocycles. The third kappa shape index (κ3) is 7.19. The highest BCUT2D eigenvalue weighted by atomic mass is 16.6. The van der Waals surface area contributed by atoms with Gasteiger partial charge in [-0.3, -0.25) is 0 Å². The smallest absolute Gasteiger partial charge is 0.409 e. The van der Waals surface area contributed by atoms with Crippen molar-refractivity contribution in [1.82, 2.24) is 9.80 Å². The Hall–Kier alpha value is -0.770. The monoisotopic (exact) mass is 216 g/mol. The van der Waals surface area contributed by atoms with Crippen LogP contribution in [-0.4, -0.2) is 55.7 Å². The van der Waals surface area contributed by atoms with Crippen molar-refractivity contribution in [2.75, 3.05) is 33.7 Å². The lowest BCUT2D eigenvalue weighted by molar-refractivity contribution is 0.0774.